The Morgan fingerprint density at radius 2 is 2.31 bits per heavy atom. The molecule has 0 spiro atoms. The summed E-state index contributed by atoms with van der Waals surface area (Å²) in [6.07, 6.45) is 1.74. The third-order valence-corrected chi connectivity index (χ3v) is 4.66. The Kier molecular flexibility index (Phi) is 4.21. The minimum absolute atomic E-state index is 0.254. The van der Waals surface area contributed by atoms with Crippen LogP contribution in [0.15, 0.2) is 18.2 Å². The summed E-state index contributed by atoms with van der Waals surface area (Å²) in [5.41, 5.74) is 2.28. The van der Waals surface area contributed by atoms with Gasteiger partial charge in [0.25, 0.3) is 0 Å². The van der Waals surface area contributed by atoms with Crippen LogP contribution in [0.4, 0.5) is 0 Å². The van der Waals surface area contributed by atoms with Gasteiger partial charge in [0, 0.05) is 16.1 Å². The van der Waals surface area contributed by atoms with Crippen molar-refractivity contribution in [2.24, 2.45) is 5.92 Å². The zero-order chi connectivity index (χ0) is 11.5. The van der Waals surface area contributed by atoms with Crippen molar-refractivity contribution in [3.05, 3.63) is 32.9 Å². The van der Waals surface area contributed by atoms with Gasteiger partial charge in [0.15, 0.2) is 0 Å². The highest BCUT2D eigenvalue weighted by Gasteiger charge is 2.25. The lowest BCUT2D eigenvalue weighted by atomic mass is 9.90. The van der Waals surface area contributed by atoms with E-state index < -0.39 is 0 Å². The molecule has 0 saturated carbocycles. The van der Waals surface area contributed by atoms with Crippen molar-refractivity contribution >= 4 is 22.6 Å². The van der Waals surface area contributed by atoms with Crippen LogP contribution in [-0.4, -0.2) is 18.3 Å². The fourth-order valence-corrected chi connectivity index (χ4v) is 2.85. The van der Waals surface area contributed by atoms with Crippen LogP contribution >= 0.6 is 22.6 Å². The van der Waals surface area contributed by atoms with Gasteiger partial charge < -0.3 is 9.84 Å². The molecule has 0 aromatic heterocycles. The van der Waals surface area contributed by atoms with Crippen LogP contribution < -0.4 is 0 Å². The molecule has 2 unspecified atom stereocenters. The molecule has 1 aromatic rings. The Labute approximate surface area is 110 Å². The van der Waals surface area contributed by atoms with Crippen LogP contribution in [0.1, 0.15) is 30.1 Å². The second-order valence-electron chi connectivity index (χ2n) is 4.40. The van der Waals surface area contributed by atoms with Gasteiger partial charge in [-0.05, 0) is 53.5 Å². The highest BCUT2D eigenvalue weighted by atomic mass is 127. The standard InChI is InChI=1S/C13H17IO2/c1-9-4-2-6-11(12(9)14)13(15)10-5-3-7-16-8-10/h2,4,6,10,13,15H,3,5,7-8H2,1H3. The molecule has 1 N–H and O–H groups in total. The lowest BCUT2D eigenvalue weighted by Crippen LogP contribution is -2.24. The predicted molar refractivity (Wildman–Crippen MR) is 72.4 cm³/mol. The summed E-state index contributed by atoms with van der Waals surface area (Å²) in [5.74, 6) is 0.254. The van der Waals surface area contributed by atoms with Gasteiger partial charge >= 0.3 is 0 Å². The molecule has 1 aliphatic rings. The maximum absolute atomic E-state index is 10.4. The highest BCUT2D eigenvalue weighted by molar-refractivity contribution is 14.1. The van der Waals surface area contributed by atoms with E-state index in [-0.39, 0.29) is 12.0 Å². The minimum atomic E-state index is -0.382. The Hall–Kier alpha value is -0.130. The summed E-state index contributed by atoms with van der Waals surface area (Å²) in [4.78, 5) is 0. The summed E-state index contributed by atoms with van der Waals surface area (Å²) < 4.78 is 6.61. The molecule has 2 rings (SSSR count). The van der Waals surface area contributed by atoms with Gasteiger partial charge in [-0.3, -0.25) is 0 Å². The van der Waals surface area contributed by atoms with Crippen molar-refractivity contribution in [1.82, 2.24) is 0 Å². The summed E-state index contributed by atoms with van der Waals surface area (Å²) in [6.45, 7) is 3.61. The largest absolute Gasteiger partial charge is 0.388 e. The average molecular weight is 332 g/mol. The molecule has 1 fully saturated rings. The van der Waals surface area contributed by atoms with Crippen molar-refractivity contribution in [2.75, 3.05) is 13.2 Å². The van der Waals surface area contributed by atoms with E-state index >= 15 is 0 Å². The highest BCUT2D eigenvalue weighted by Crippen LogP contribution is 2.32. The van der Waals surface area contributed by atoms with Crippen molar-refractivity contribution in [3.8, 4) is 0 Å². The number of aryl methyl sites for hydroxylation is 1. The van der Waals surface area contributed by atoms with Crippen molar-refractivity contribution in [3.63, 3.8) is 0 Å². The van der Waals surface area contributed by atoms with E-state index in [2.05, 4.69) is 35.6 Å². The second-order valence-corrected chi connectivity index (χ2v) is 5.48. The van der Waals surface area contributed by atoms with Crippen molar-refractivity contribution in [2.45, 2.75) is 25.9 Å². The Balaban J connectivity index is 2.19. The van der Waals surface area contributed by atoms with E-state index in [4.69, 9.17) is 4.74 Å². The van der Waals surface area contributed by atoms with Gasteiger partial charge in [-0.2, -0.15) is 0 Å². The topological polar surface area (TPSA) is 29.5 Å². The van der Waals surface area contributed by atoms with Crippen LogP contribution in [0.3, 0.4) is 0 Å². The number of aliphatic hydroxyl groups excluding tert-OH is 1. The van der Waals surface area contributed by atoms with E-state index in [0.29, 0.717) is 6.61 Å². The molecular weight excluding hydrogens is 315 g/mol. The average Bonchev–Trinajstić information content (AvgIpc) is 2.33. The first kappa shape index (κ1) is 12.3. The molecule has 0 aliphatic carbocycles. The zero-order valence-corrected chi connectivity index (χ0v) is 11.6. The van der Waals surface area contributed by atoms with Crippen LogP contribution in [-0.2, 0) is 4.74 Å². The number of ether oxygens (including phenoxy) is 1. The number of benzene rings is 1. The monoisotopic (exact) mass is 332 g/mol. The van der Waals surface area contributed by atoms with E-state index in [1.165, 1.54) is 9.13 Å². The minimum Gasteiger partial charge on any atom is -0.388 e. The quantitative estimate of drug-likeness (QED) is 0.844. The predicted octanol–water partition coefficient (Wildman–Crippen LogP) is 3.06. The summed E-state index contributed by atoms with van der Waals surface area (Å²) in [5, 5.41) is 10.4. The molecule has 88 valence electrons. The van der Waals surface area contributed by atoms with Gasteiger partial charge in [0.2, 0.25) is 0 Å². The molecule has 0 bridgehead atoms. The van der Waals surface area contributed by atoms with Crippen LogP contribution in [0.25, 0.3) is 0 Å². The Morgan fingerprint density at radius 3 is 3.00 bits per heavy atom. The number of rotatable bonds is 2. The van der Waals surface area contributed by atoms with Crippen LogP contribution in [0.5, 0.6) is 0 Å². The molecule has 2 atom stereocenters. The fourth-order valence-electron chi connectivity index (χ4n) is 2.17. The summed E-state index contributed by atoms with van der Waals surface area (Å²) >= 11 is 2.32. The number of halogens is 1. The lowest BCUT2D eigenvalue weighted by Gasteiger charge is -2.27. The third kappa shape index (κ3) is 2.57. The molecule has 1 aromatic carbocycles. The van der Waals surface area contributed by atoms with Crippen molar-refractivity contribution in [1.29, 1.82) is 0 Å². The Bertz CT molecular complexity index is 359. The maximum Gasteiger partial charge on any atom is 0.0850 e. The molecule has 0 radical (unpaired) electrons. The normalized spacial score (nSPS) is 23.1. The van der Waals surface area contributed by atoms with E-state index in [1.807, 2.05) is 12.1 Å². The molecule has 1 aliphatic heterocycles. The van der Waals surface area contributed by atoms with Gasteiger partial charge in [0.05, 0.1) is 12.7 Å². The lowest BCUT2D eigenvalue weighted by molar-refractivity contribution is -0.0103. The van der Waals surface area contributed by atoms with Crippen LogP contribution in [0.2, 0.25) is 0 Å². The first-order chi connectivity index (χ1) is 7.70. The number of aliphatic hydroxyl groups is 1. The number of hydrogen-bond donors (Lipinski definition) is 1. The first-order valence-electron chi connectivity index (χ1n) is 5.71. The van der Waals surface area contributed by atoms with E-state index in [1.54, 1.807) is 0 Å². The summed E-state index contributed by atoms with van der Waals surface area (Å²) in [7, 11) is 0. The van der Waals surface area contributed by atoms with Gasteiger partial charge in [0.1, 0.15) is 0 Å². The summed E-state index contributed by atoms with van der Waals surface area (Å²) in [6, 6.07) is 6.11. The number of hydrogen-bond acceptors (Lipinski definition) is 2. The zero-order valence-electron chi connectivity index (χ0n) is 9.45. The molecular formula is C13H17IO2. The Morgan fingerprint density at radius 1 is 1.50 bits per heavy atom. The first-order valence-corrected chi connectivity index (χ1v) is 6.79. The van der Waals surface area contributed by atoms with Crippen LogP contribution in [0, 0.1) is 16.4 Å². The molecule has 3 heteroatoms. The smallest absolute Gasteiger partial charge is 0.0850 e. The van der Waals surface area contributed by atoms with E-state index in [9.17, 15) is 5.11 Å². The SMILES string of the molecule is Cc1cccc(C(O)C2CCCOC2)c1I. The van der Waals surface area contributed by atoms with Gasteiger partial charge in [-0.15, -0.1) is 0 Å². The second kappa shape index (κ2) is 5.47. The maximum atomic E-state index is 10.4. The fraction of sp³-hybridized carbons (Fsp3) is 0.538. The van der Waals surface area contributed by atoms with Crippen molar-refractivity contribution < 1.29 is 9.84 Å². The molecule has 2 nitrogen and oxygen atoms in total. The van der Waals surface area contributed by atoms with Gasteiger partial charge in [-0.25, -0.2) is 0 Å². The molecule has 1 saturated heterocycles. The molecule has 1 heterocycles. The van der Waals surface area contributed by atoms with Gasteiger partial charge in [-0.1, -0.05) is 18.2 Å². The third-order valence-electron chi connectivity index (χ3n) is 3.18. The molecule has 0 amide bonds. The molecule has 16 heavy (non-hydrogen) atoms. The van der Waals surface area contributed by atoms with E-state index in [0.717, 1.165) is 25.0 Å².